The van der Waals surface area contributed by atoms with Crippen LogP contribution >= 0.6 is 11.3 Å². The Balaban J connectivity index is 1.52. The Morgan fingerprint density at radius 3 is 2.64 bits per heavy atom. The van der Waals surface area contributed by atoms with Gasteiger partial charge in [0.1, 0.15) is 5.01 Å². The summed E-state index contributed by atoms with van der Waals surface area (Å²) in [5.41, 5.74) is 0.269. The molecule has 1 aromatic rings. The van der Waals surface area contributed by atoms with Gasteiger partial charge in [-0.15, -0.1) is 10.2 Å². The zero-order valence-corrected chi connectivity index (χ0v) is 14.3. The number of hydrogen-bond acceptors (Lipinski definition) is 4. The summed E-state index contributed by atoms with van der Waals surface area (Å²) in [6.07, 6.45) is 9.27. The molecule has 4 aliphatic rings. The first-order valence-corrected chi connectivity index (χ1v) is 9.46. The van der Waals surface area contributed by atoms with Gasteiger partial charge in [0.15, 0.2) is 0 Å². The van der Waals surface area contributed by atoms with E-state index in [1.54, 1.807) is 0 Å². The molecule has 120 valence electrons. The van der Waals surface area contributed by atoms with Gasteiger partial charge in [0, 0.05) is 6.42 Å². The number of aromatic nitrogens is 2. The fourth-order valence-corrected chi connectivity index (χ4v) is 6.67. The van der Waals surface area contributed by atoms with Crippen molar-refractivity contribution in [1.82, 2.24) is 10.2 Å². The van der Waals surface area contributed by atoms with Crippen molar-refractivity contribution in [1.29, 1.82) is 0 Å². The smallest absolute Gasteiger partial charge is 0.232 e. The van der Waals surface area contributed by atoms with Gasteiger partial charge in [0.25, 0.3) is 0 Å². The Kier molecular flexibility index (Phi) is 3.33. The standard InChI is InChI=1S/C17H25N3OS/c1-3-4-13-19-20-15(22-13)18-14(21)17-8-11-5-12(9-17)7-16(2,6-11)10-17/h11-12H,3-10H2,1-2H3,(H,18,20,21). The summed E-state index contributed by atoms with van der Waals surface area (Å²) in [7, 11) is 0. The third kappa shape index (κ3) is 2.38. The first-order valence-electron chi connectivity index (χ1n) is 8.64. The van der Waals surface area contributed by atoms with Crippen LogP contribution in [0, 0.1) is 22.7 Å². The van der Waals surface area contributed by atoms with Crippen molar-refractivity contribution in [2.24, 2.45) is 22.7 Å². The quantitative estimate of drug-likeness (QED) is 0.911. The molecule has 1 amide bonds. The van der Waals surface area contributed by atoms with Crippen LogP contribution in [0.4, 0.5) is 5.13 Å². The van der Waals surface area contributed by atoms with E-state index in [9.17, 15) is 4.79 Å². The van der Waals surface area contributed by atoms with E-state index in [1.807, 2.05) is 0 Å². The molecule has 5 heteroatoms. The van der Waals surface area contributed by atoms with Crippen LogP contribution in [0.5, 0.6) is 0 Å². The zero-order valence-electron chi connectivity index (χ0n) is 13.5. The summed E-state index contributed by atoms with van der Waals surface area (Å²) in [6, 6.07) is 0. The van der Waals surface area contributed by atoms with E-state index in [0.29, 0.717) is 10.5 Å². The highest BCUT2D eigenvalue weighted by molar-refractivity contribution is 7.15. The minimum atomic E-state index is -0.130. The number of aryl methyl sites for hydroxylation is 1. The molecule has 1 aromatic heterocycles. The van der Waals surface area contributed by atoms with E-state index in [2.05, 4.69) is 29.4 Å². The molecule has 4 bridgehead atoms. The molecule has 4 fully saturated rings. The van der Waals surface area contributed by atoms with E-state index in [4.69, 9.17) is 0 Å². The van der Waals surface area contributed by atoms with Crippen molar-refractivity contribution < 1.29 is 4.79 Å². The fourth-order valence-electron chi connectivity index (χ4n) is 5.83. The second kappa shape index (κ2) is 5.02. The molecule has 0 aromatic carbocycles. The van der Waals surface area contributed by atoms with Crippen molar-refractivity contribution in [2.75, 3.05) is 5.32 Å². The van der Waals surface area contributed by atoms with Crippen LogP contribution in [0.2, 0.25) is 0 Å². The number of carbonyl (C=O) groups excluding carboxylic acids is 1. The summed E-state index contributed by atoms with van der Waals surface area (Å²) >= 11 is 1.53. The number of carbonyl (C=O) groups is 1. The maximum absolute atomic E-state index is 13.0. The SMILES string of the molecule is CCCc1nnc(NC(=O)C23CC4CC(CC(C)(C4)C2)C3)s1. The fraction of sp³-hybridized carbons (Fsp3) is 0.824. The molecule has 0 spiro atoms. The molecule has 22 heavy (non-hydrogen) atoms. The molecule has 4 saturated carbocycles. The molecule has 1 N–H and O–H groups in total. The second-order valence-electron chi connectivity index (χ2n) is 8.26. The van der Waals surface area contributed by atoms with Gasteiger partial charge in [-0.05, 0) is 62.2 Å². The maximum Gasteiger partial charge on any atom is 0.232 e. The molecule has 4 nitrogen and oxygen atoms in total. The third-order valence-corrected chi connectivity index (χ3v) is 6.88. The molecule has 0 radical (unpaired) electrons. The van der Waals surface area contributed by atoms with Crippen molar-refractivity contribution in [3.05, 3.63) is 5.01 Å². The lowest BCUT2D eigenvalue weighted by Crippen LogP contribution is -2.55. The van der Waals surface area contributed by atoms with Gasteiger partial charge in [0.05, 0.1) is 5.41 Å². The van der Waals surface area contributed by atoms with Crippen LogP contribution in [0.3, 0.4) is 0 Å². The number of nitrogens with zero attached hydrogens (tertiary/aromatic N) is 2. The highest BCUT2D eigenvalue weighted by Crippen LogP contribution is 2.65. The predicted octanol–water partition coefficient (Wildman–Crippen LogP) is 4.04. The van der Waals surface area contributed by atoms with Crippen molar-refractivity contribution in [3.8, 4) is 0 Å². The summed E-state index contributed by atoms with van der Waals surface area (Å²) < 4.78 is 0. The van der Waals surface area contributed by atoms with E-state index in [-0.39, 0.29) is 11.3 Å². The Labute approximate surface area is 136 Å². The third-order valence-electron chi connectivity index (χ3n) is 5.99. The second-order valence-corrected chi connectivity index (χ2v) is 9.32. The van der Waals surface area contributed by atoms with Gasteiger partial charge in [-0.3, -0.25) is 4.79 Å². The number of rotatable bonds is 4. The molecule has 5 rings (SSSR count). The van der Waals surface area contributed by atoms with Crippen LogP contribution in [0.15, 0.2) is 0 Å². The lowest BCUT2D eigenvalue weighted by molar-refractivity contribution is -0.149. The van der Waals surface area contributed by atoms with Gasteiger partial charge < -0.3 is 5.32 Å². The summed E-state index contributed by atoms with van der Waals surface area (Å²) in [6.45, 7) is 4.53. The van der Waals surface area contributed by atoms with Crippen LogP contribution in [0.1, 0.15) is 63.8 Å². The molecule has 1 heterocycles. The van der Waals surface area contributed by atoms with Crippen molar-refractivity contribution in [3.63, 3.8) is 0 Å². The van der Waals surface area contributed by atoms with E-state index < -0.39 is 0 Å². The van der Waals surface area contributed by atoms with Crippen molar-refractivity contribution in [2.45, 2.75) is 65.2 Å². The average molecular weight is 319 g/mol. The molecule has 2 unspecified atom stereocenters. The van der Waals surface area contributed by atoms with Crippen molar-refractivity contribution >= 4 is 22.4 Å². The Hall–Kier alpha value is -0.970. The first-order chi connectivity index (χ1) is 10.5. The molecule has 0 aliphatic heterocycles. The molecule has 2 atom stereocenters. The van der Waals surface area contributed by atoms with Gasteiger partial charge in [-0.25, -0.2) is 0 Å². The number of anilines is 1. The Morgan fingerprint density at radius 2 is 2.00 bits per heavy atom. The molecule has 0 saturated heterocycles. The molecular weight excluding hydrogens is 294 g/mol. The average Bonchev–Trinajstić information content (AvgIpc) is 2.83. The van der Waals surface area contributed by atoms with Crippen LogP contribution < -0.4 is 5.32 Å². The predicted molar refractivity (Wildman–Crippen MR) is 87.8 cm³/mol. The summed E-state index contributed by atoms with van der Waals surface area (Å²) in [4.78, 5) is 13.0. The monoisotopic (exact) mass is 319 g/mol. The van der Waals surface area contributed by atoms with Gasteiger partial charge >= 0.3 is 0 Å². The molecular formula is C17H25N3OS. The van der Waals surface area contributed by atoms with Crippen LogP contribution in [-0.4, -0.2) is 16.1 Å². The maximum atomic E-state index is 13.0. The van der Waals surface area contributed by atoms with E-state index in [1.165, 1.54) is 30.6 Å². The Bertz CT molecular complexity index is 582. The lowest BCUT2D eigenvalue weighted by Gasteiger charge is -2.60. The summed E-state index contributed by atoms with van der Waals surface area (Å²) in [5, 5.41) is 13.1. The minimum Gasteiger partial charge on any atom is -0.300 e. The summed E-state index contributed by atoms with van der Waals surface area (Å²) in [5.74, 6) is 1.75. The highest BCUT2D eigenvalue weighted by Gasteiger charge is 2.58. The van der Waals surface area contributed by atoms with Crippen LogP contribution in [-0.2, 0) is 11.2 Å². The van der Waals surface area contributed by atoms with E-state index in [0.717, 1.165) is 48.9 Å². The lowest BCUT2D eigenvalue weighted by atomic mass is 9.44. The topological polar surface area (TPSA) is 54.9 Å². The van der Waals surface area contributed by atoms with Crippen LogP contribution in [0.25, 0.3) is 0 Å². The zero-order chi connectivity index (χ0) is 15.4. The first kappa shape index (κ1) is 14.6. The highest BCUT2D eigenvalue weighted by atomic mass is 32.1. The van der Waals surface area contributed by atoms with Gasteiger partial charge in [0.2, 0.25) is 11.0 Å². The molecule has 4 aliphatic carbocycles. The number of amides is 1. The normalized spacial score (nSPS) is 39.2. The largest absolute Gasteiger partial charge is 0.300 e. The minimum absolute atomic E-state index is 0.130. The van der Waals surface area contributed by atoms with Gasteiger partial charge in [-0.2, -0.15) is 0 Å². The number of nitrogens with one attached hydrogen (secondary N) is 1. The number of hydrogen-bond donors (Lipinski definition) is 1. The van der Waals surface area contributed by atoms with Gasteiger partial charge in [-0.1, -0.05) is 25.2 Å². The van der Waals surface area contributed by atoms with E-state index >= 15 is 0 Å². The Morgan fingerprint density at radius 1 is 1.27 bits per heavy atom.